The zero-order valence-corrected chi connectivity index (χ0v) is 25.7. The van der Waals surface area contributed by atoms with Crippen molar-refractivity contribution < 1.29 is 19.5 Å². The Labute approximate surface area is 253 Å². The van der Waals surface area contributed by atoms with Gasteiger partial charge in [-0.3, -0.25) is 14.4 Å². The molecule has 0 fully saturated rings. The standard InChI is InChI=1S/C32H35BCl2N2O4/c1-18(2)17-37(31(41)32(4,5)6)26-16-21(14-19(3)28(26)33)23(30(39)40)15-20-10-12-22(13-11-20)36-29(38)27-24(34)8-7-9-25(27)35/h7-14,16,18,23H,15,17H2,1-6H3,(H,36,38)(H,39,40). The molecule has 1 unspecified atom stereocenters. The molecule has 0 aliphatic rings. The van der Waals surface area contributed by atoms with Gasteiger partial charge in [0.1, 0.15) is 7.85 Å². The smallest absolute Gasteiger partial charge is 0.311 e. The monoisotopic (exact) mass is 592 g/mol. The first-order valence-corrected chi connectivity index (χ1v) is 14.1. The number of rotatable bonds is 9. The van der Waals surface area contributed by atoms with Crippen molar-refractivity contribution in [3.05, 3.63) is 86.9 Å². The number of carboxylic acids is 1. The van der Waals surface area contributed by atoms with Crippen molar-refractivity contribution in [2.45, 2.75) is 53.9 Å². The summed E-state index contributed by atoms with van der Waals surface area (Å²) in [4.78, 5) is 40.3. The van der Waals surface area contributed by atoms with Crippen LogP contribution in [0.3, 0.4) is 0 Å². The number of nitrogens with one attached hydrogen (secondary N) is 1. The quantitative estimate of drug-likeness (QED) is 0.268. The van der Waals surface area contributed by atoms with E-state index in [2.05, 4.69) is 5.32 Å². The number of carbonyl (C=O) groups is 3. The zero-order valence-electron chi connectivity index (χ0n) is 24.2. The second-order valence-electron chi connectivity index (χ2n) is 11.7. The van der Waals surface area contributed by atoms with Crippen LogP contribution in [-0.4, -0.2) is 37.3 Å². The molecule has 0 saturated heterocycles. The predicted octanol–water partition coefficient (Wildman–Crippen LogP) is 6.79. The minimum Gasteiger partial charge on any atom is -0.481 e. The fourth-order valence-corrected chi connectivity index (χ4v) is 5.08. The van der Waals surface area contributed by atoms with Crippen molar-refractivity contribution in [3.63, 3.8) is 0 Å². The fourth-order valence-electron chi connectivity index (χ4n) is 4.51. The Kier molecular flexibility index (Phi) is 10.3. The van der Waals surface area contributed by atoms with E-state index < -0.39 is 23.2 Å². The van der Waals surface area contributed by atoms with Crippen LogP contribution in [0.25, 0.3) is 0 Å². The molecule has 2 N–H and O–H groups in total. The molecule has 3 aromatic carbocycles. The van der Waals surface area contributed by atoms with Gasteiger partial charge in [0.05, 0.1) is 21.5 Å². The summed E-state index contributed by atoms with van der Waals surface area (Å²) < 4.78 is 0. The molecule has 6 nitrogen and oxygen atoms in total. The molecule has 0 saturated carbocycles. The highest BCUT2D eigenvalue weighted by Gasteiger charge is 2.31. The van der Waals surface area contributed by atoms with Crippen molar-refractivity contribution in [3.8, 4) is 0 Å². The number of hydrogen-bond donors (Lipinski definition) is 2. The van der Waals surface area contributed by atoms with Gasteiger partial charge in [-0.05, 0) is 60.7 Å². The summed E-state index contributed by atoms with van der Waals surface area (Å²) in [6, 6.07) is 15.3. The number of benzene rings is 3. The number of aryl methyl sites for hydroxylation is 1. The second kappa shape index (κ2) is 13.1. The predicted molar refractivity (Wildman–Crippen MR) is 168 cm³/mol. The number of carboxylic acid groups (broad SMARTS) is 1. The van der Waals surface area contributed by atoms with Crippen molar-refractivity contribution in [1.82, 2.24) is 0 Å². The maximum Gasteiger partial charge on any atom is 0.311 e. The van der Waals surface area contributed by atoms with Crippen molar-refractivity contribution in [2.75, 3.05) is 16.8 Å². The van der Waals surface area contributed by atoms with Crippen LogP contribution in [0, 0.1) is 18.3 Å². The van der Waals surface area contributed by atoms with Crippen LogP contribution in [0.4, 0.5) is 11.4 Å². The lowest BCUT2D eigenvalue weighted by molar-refractivity contribution is -0.138. The Morgan fingerprint density at radius 2 is 1.59 bits per heavy atom. The third kappa shape index (κ3) is 7.93. The van der Waals surface area contributed by atoms with Crippen molar-refractivity contribution in [1.29, 1.82) is 0 Å². The molecule has 0 bridgehead atoms. The Morgan fingerprint density at radius 3 is 2.10 bits per heavy atom. The molecular formula is C32H35BCl2N2O4. The molecule has 3 rings (SSSR count). The summed E-state index contributed by atoms with van der Waals surface area (Å²) in [6.45, 7) is 11.9. The zero-order chi connectivity index (χ0) is 30.6. The van der Waals surface area contributed by atoms with Gasteiger partial charge in [0, 0.05) is 23.3 Å². The lowest BCUT2D eigenvalue weighted by Gasteiger charge is -2.33. The van der Waals surface area contributed by atoms with Gasteiger partial charge in [-0.15, -0.1) is 0 Å². The van der Waals surface area contributed by atoms with Gasteiger partial charge in [0.25, 0.3) is 5.91 Å². The molecule has 41 heavy (non-hydrogen) atoms. The van der Waals surface area contributed by atoms with Crippen LogP contribution >= 0.6 is 23.2 Å². The van der Waals surface area contributed by atoms with E-state index >= 15 is 0 Å². The van der Waals surface area contributed by atoms with E-state index in [0.717, 1.165) is 5.56 Å². The maximum atomic E-state index is 13.4. The number of amides is 2. The van der Waals surface area contributed by atoms with Crippen LogP contribution in [0.2, 0.25) is 10.0 Å². The molecule has 2 amide bonds. The first kappa shape index (κ1) is 32.2. The second-order valence-corrected chi connectivity index (χ2v) is 12.5. The van der Waals surface area contributed by atoms with Crippen LogP contribution < -0.4 is 15.7 Å². The van der Waals surface area contributed by atoms with Gasteiger partial charge in [-0.25, -0.2) is 0 Å². The fraction of sp³-hybridized carbons (Fsp3) is 0.344. The highest BCUT2D eigenvalue weighted by Crippen LogP contribution is 2.30. The van der Waals surface area contributed by atoms with E-state index in [-0.39, 0.29) is 33.9 Å². The highest BCUT2D eigenvalue weighted by atomic mass is 35.5. The van der Waals surface area contributed by atoms with Crippen molar-refractivity contribution in [2.24, 2.45) is 11.3 Å². The van der Waals surface area contributed by atoms with E-state index in [1.807, 2.05) is 41.5 Å². The van der Waals surface area contributed by atoms with Gasteiger partial charge >= 0.3 is 5.97 Å². The van der Waals surface area contributed by atoms with Crippen LogP contribution in [0.15, 0.2) is 54.6 Å². The molecule has 2 radical (unpaired) electrons. The number of carbonyl (C=O) groups excluding carboxylic acids is 2. The number of aliphatic carboxylic acids is 1. The number of anilines is 2. The Morgan fingerprint density at radius 1 is 1.00 bits per heavy atom. The van der Waals surface area contributed by atoms with E-state index in [0.29, 0.717) is 34.5 Å². The molecule has 0 aromatic heterocycles. The van der Waals surface area contributed by atoms with Crippen LogP contribution in [0.5, 0.6) is 0 Å². The molecule has 1 atom stereocenters. The van der Waals surface area contributed by atoms with Gasteiger partial charge in [0.2, 0.25) is 5.91 Å². The summed E-state index contributed by atoms with van der Waals surface area (Å²) in [6.07, 6.45) is 0.195. The van der Waals surface area contributed by atoms with E-state index in [9.17, 15) is 19.5 Å². The van der Waals surface area contributed by atoms with Crippen molar-refractivity contribution >= 4 is 65.7 Å². The van der Waals surface area contributed by atoms with Gasteiger partial charge < -0.3 is 15.3 Å². The summed E-state index contributed by atoms with van der Waals surface area (Å²) >= 11 is 12.3. The minimum absolute atomic E-state index is 0.0861. The molecule has 0 aliphatic heterocycles. The summed E-state index contributed by atoms with van der Waals surface area (Å²) in [7, 11) is 6.46. The minimum atomic E-state index is -0.997. The number of halogens is 2. The first-order chi connectivity index (χ1) is 19.1. The van der Waals surface area contributed by atoms with Gasteiger partial charge in [0.15, 0.2) is 0 Å². The Bertz CT molecular complexity index is 1430. The van der Waals surface area contributed by atoms with E-state index in [4.69, 9.17) is 31.0 Å². The average Bonchev–Trinajstić information content (AvgIpc) is 2.87. The van der Waals surface area contributed by atoms with E-state index in [1.54, 1.807) is 59.5 Å². The normalized spacial score (nSPS) is 12.2. The SMILES string of the molecule is [B]c1c(C)cc(C(Cc2ccc(NC(=O)c3c(Cl)cccc3Cl)cc2)C(=O)O)cc1N(CC(C)C)C(=O)C(C)(C)C. The number of hydrogen-bond acceptors (Lipinski definition) is 3. The number of nitrogens with zero attached hydrogens (tertiary/aromatic N) is 1. The molecule has 0 heterocycles. The topological polar surface area (TPSA) is 86.7 Å². The molecule has 3 aromatic rings. The third-order valence-corrected chi connectivity index (χ3v) is 7.28. The summed E-state index contributed by atoms with van der Waals surface area (Å²) in [5.74, 6) is -2.24. The van der Waals surface area contributed by atoms with Gasteiger partial charge in [-0.2, -0.15) is 0 Å². The van der Waals surface area contributed by atoms with Crippen LogP contribution in [0.1, 0.15) is 67.6 Å². The largest absolute Gasteiger partial charge is 0.481 e. The Hall–Kier alpha value is -3.29. The molecule has 0 aliphatic carbocycles. The lowest BCUT2D eigenvalue weighted by Crippen LogP contribution is -2.44. The molecular weight excluding hydrogens is 558 g/mol. The maximum absolute atomic E-state index is 13.4. The molecule has 9 heteroatoms. The highest BCUT2D eigenvalue weighted by molar-refractivity contribution is 6.40. The Balaban J connectivity index is 1.91. The molecule has 0 spiro atoms. The lowest BCUT2D eigenvalue weighted by atomic mass is 9.82. The first-order valence-electron chi connectivity index (χ1n) is 13.4. The summed E-state index contributed by atoms with van der Waals surface area (Å²) in [5.41, 5.74) is 3.04. The summed E-state index contributed by atoms with van der Waals surface area (Å²) in [5, 5.41) is 13.5. The molecule has 214 valence electrons. The average molecular weight is 593 g/mol. The van der Waals surface area contributed by atoms with Gasteiger partial charge in [-0.1, -0.05) is 93.1 Å². The van der Waals surface area contributed by atoms with Crippen LogP contribution in [-0.2, 0) is 16.0 Å². The third-order valence-electron chi connectivity index (χ3n) is 6.65. The van der Waals surface area contributed by atoms with E-state index in [1.165, 1.54) is 0 Å².